The molecule has 5 rings (SSSR count). The molecule has 0 aromatic heterocycles. The summed E-state index contributed by atoms with van der Waals surface area (Å²) in [6.07, 6.45) is 1.98. The molecule has 3 amide bonds. The first-order valence-electron chi connectivity index (χ1n) is 16.0. The number of carbonyl (C=O) groups excluding carboxylic acids is 3. The van der Waals surface area contributed by atoms with Crippen LogP contribution in [-0.2, 0) is 19.1 Å². The lowest BCUT2D eigenvalue weighted by molar-refractivity contribution is -0.138. The van der Waals surface area contributed by atoms with Crippen molar-refractivity contribution in [3.05, 3.63) is 65.7 Å². The minimum Gasteiger partial charge on any atom is -0.481 e. The molecule has 242 valence electrons. The minimum atomic E-state index is -1.33. The first kappa shape index (κ1) is 32.3. The highest BCUT2D eigenvalue weighted by molar-refractivity contribution is 5.90. The van der Waals surface area contributed by atoms with Crippen molar-refractivity contribution in [3.63, 3.8) is 0 Å². The van der Waals surface area contributed by atoms with Crippen molar-refractivity contribution in [2.24, 2.45) is 16.7 Å². The molecule has 2 aromatic rings. The highest BCUT2D eigenvalue weighted by Gasteiger charge is 2.63. The van der Waals surface area contributed by atoms with E-state index in [-0.39, 0.29) is 42.2 Å². The molecule has 45 heavy (non-hydrogen) atoms. The monoisotopic (exact) mass is 618 g/mol. The van der Waals surface area contributed by atoms with Crippen LogP contribution in [0.3, 0.4) is 0 Å². The molecule has 2 bridgehead atoms. The summed E-state index contributed by atoms with van der Waals surface area (Å²) in [5.41, 5.74) is 1.48. The number of fused-ring (bicyclic) bond motifs is 3. The van der Waals surface area contributed by atoms with Crippen molar-refractivity contribution in [3.8, 4) is 0 Å². The first-order chi connectivity index (χ1) is 21.3. The number of carbonyl (C=O) groups is 4. The smallest absolute Gasteiger partial charge is 0.408 e. The zero-order chi connectivity index (χ0) is 32.4. The Bertz CT molecular complexity index is 1430. The lowest BCUT2D eigenvalue weighted by atomic mass is 9.70. The molecule has 2 saturated carbocycles. The molecule has 0 radical (unpaired) electrons. The van der Waals surface area contributed by atoms with Gasteiger partial charge in [-0.05, 0) is 61.1 Å². The number of benzene rings is 2. The van der Waals surface area contributed by atoms with Gasteiger partial charge < -0.3 is 31.1 Å². The number of hydrogen-bond donors (Lipinski definition) is 5. The van der Waals surface area contributed by atoms with E-state index in [1.165, 1.54) is 0 Å². The number of amides is 3. The quantitative estimate of drug-likeness (QED) is 0.222. The summed E-state index contributed by atoms with van der Waals surface area (Å²) >= 11 is 0. The number of carboxylic acid groups (broad SMARTS) is 1. The number of para-hydroxylation sites is 1. The van der Waals surface area contributed by atoms with Crippen LogP contribution in [0.25, 0.3) is 0 Å². The Morgan fingerprint density at radius 3 is 2.42 bits per heavy atom. The maximum absolute atomic E-state index is 14.1. The van der Waals surface area contributed by atoms with Gasteiger partial charge in [0.05, 0.1) is 12.5 Å². The van der Waals surface area contributed by atoms with Gasteiger partial charge in [-0.2, -0.15) is 0 Å². The zero-order valence-corrected chi connectivity index (χ0v) is 26.7. The van der Waals surface area contributed by atoms with Crippen LogP contribution >= 0.6 is 0 Å². The zero-order valence-electron chi connectivity index (χ0n) is 26.7. The number of rotatable bonds is 12. The van der Waals surface area contributed by atoms with Crippen LogP contribution in [0.15, 0.2) is 54.6 Å². The molecular weight excluding hydrogens is 572 g/mol. The molecular formula is C35H46N4O6. The predicted octanol–water partition coefficient (Wildman–Crippen LogP) is 5.12. The molecule has 5 N–H and O–H groups in total. The van der Waals surface area contributed by atoms with Gasteiger partial charge >= 0.3 is 12.1 Å². The minimum absolute atomic E-state index is 0.0307. The Hall–Kier alpha value is -4.08. The third kappa shape index (κ3) is 6.65. The Labute approximate surface area is 265 Å². The molecule has 10 heteroatoms. The van der Waals surface area contributed by atoms with Crippen LogP contribution < -0.4 is 21.3 Å². The van der Waals surface area contributed by atoms with E-state index in [9.17, 15) is 19.2 Å². The summed E-state index contributed by atoms with van der Waals surface area (Å²) in [6, 6.07) is 16.5. The van der Waals surface area contributed by atoms with Crippen LogP contribution in [0.4, 0.5) is 10.5 Å². The van der Waals surface area contributed by atoms with Gasteiger partial charge in [0.25, 0.3) is 0 Å². The summed E-state index contributed by atoms with van der Waals surface area (Å²) < 4.78 is 6.11. The predicted molar refractivity (Wildman–Crippen MR) is 171 cm³/mol. The van der Waals surface area contributed by atoms with Gasteiger partial charge in [-0.3, -0.25) is 14.4 Å². The van der Waals surface area contributed by atoms with Crippen LogP contribution in [-0.4, -0.2) is 53.7 Å². The Morgan fingerprint density at radius 1 is 1.04 bits per heavy atom. The Morgan fingerprint density at radius 2 is 1.76 bits per heavy atom. The van der Waals surface area contributed by atoms with Crippen molar-refractivity contribution in [1.82, 2.24) is 16.0 Å². The molecule has 0 spiro atoms. The van der Waals surface area contributed by atoms with Crippen molar-refractivity contribution < 1.29 is 29.0 Å². The van der Waals surface area contributed by atoms with Gasteiger partial charge in [0, 0.05) is 36.5 Å². The standard InChI is InChI=1S/C35H46N4O6/c1-33(2)24-16-17-34(33,3)28(18-24)45-32(44)39-35(4,19-23-20-36-26-13-9-8-12-25(23)26)31(43)37-21-27(22-10-6-5-7-11-22)38-29(40)14-15-30(41)42/h5-13,23-24,27-28,36H,14-21H2,1-4H3,(H,37,43)(H,38,40)(H,39,44)(H,41,42)/t23?,24-,27-,28?,34+,35+/m0/s1. The number of aliphatic carboxylic acids is 1. The van der Waals surface area contributed by atoms with Crippen LogP contribution in [0.2, 0.25) is 0 Å². The molecule has 2 unspecified atom stereocenters. The van der Waals surface area contributed by atoms with Crippen LogP contribution in [0.5, 0.6) is 0 Å². The van der Waals surface area contributed by atoms with Gasteiger partial charge in [0.15, 0.2) is 0 Å². The van der Waals surface area contributed by atoms with E-state index < -0.39 is 35.5 Å². The van der Waals surface area contributed by atoms with E-state index in [0.717, 1.165) is 36.1 Å². The molecule has 0 saturated heterocycles. The molecule has 3 aliphatic rings. The maximum atomic E-state index is 14.1. The molecule has 10 nitrogen and oxygen atoms in total. The van der Waals surface area contributed by atoms with E-state index in [4.69, 9.17) is 9.84 Å². The van der Waals surface area contributed by atoms with Crippen molar-refractivity contribution in [1.29, 1.82) is 0 Å². The number of ether oxygens (including phenoxy) is 1. The number of nitrogens with one attached hydrogen (secondary N) is 4. The number of hydrogen-bond acceptors (Lipinski definition) is 6. The maximum Gasteiger partial charge on any atom is 0.408 e. The largest absolute Gasteiger partial charge is 0.481 e. The van der Waals surface area contributed by atoms with E-state index in [2.05, 4.69) is 42.0 Å². The van der Waals surface area contributed by atoms with Gasteiger partial charge in [0.1, 0.15) is 11.6 Å². The molecule has 2 aromatic carbocycles. The van der Waals surface area contributed by atoms with Gasteiger partial charge in [-0.25, -0.2) is 4.79 Å². The summed E-state index contributed by atoms with van der Waals surface area (Å²) in [4.78, 5) is 51.2. The highest BCUT2D eigenvalue weighted by Crippen LogP contribution is 2.66. The second kappa shape index (κ2) is 12.7. The van der Waals surface area contributed by atoms with Crippen LogP contribution in [0.1, 0.15) is 89.3 Å². The fourth-order valence-electron chi connectivity index (χ4n) is 7.74. The van der Waals surface area contributed by atoms with Crippen LogP contribution in [0, 0.1) is 16.7 Å². The summed E-state index contributed by atoms with van der Waals surface area (Å²) in [5.74, 6) is -1.42. The topological polar surface area (TPSA) is 146 Å². The number of alkyl carbamates (subject to hydrolysis) is 1. The molecule has 2 fully saturated rings. The third-order valence-electron chi connectivity index (χ3n) is 11.0. The average molecular weight is 619 g/mol. The number of anilines is 1. The molecule has 6 atom stereocenters. The van der Waals surface area contributed by atoms with Crippen molar-refractivity contribution in [2.45, 2.75) is 89.8 Å². The lowest BCUT2D eigenvalue weighted by Crippen LogP contribution is -2.59. The Kier molecular flexibility index (Phi) is 9.14. The summed E-state index contributed by atoms with van der Waals surface area (Å²) in [7, 11) is 0. The third-order valence-corrected chi connectivity index (χ3v) is 11.0. The highest BCUT2D eigenvalue weighted by atomic mass is 16.6. The second-order valence-corrected chi connectivity index (χ2v) is 14.0. The molecule has 1 heterocycles. The van der Waals surface area contributed by atoms with Crippen molar-refractivity contribution >= 4 is 29.6 Å². The van der Waals surface area contributed by atoms with Gasteiger partial charge in [-0.15, -0.1) is 0 Å². The molecule has 2 aliphatic carbocycles. The van der Waals surface area contributed by atoms with E-state index in [1.54, 1.807) is 6.92 Å². The summed E-state index contributed by atoms with van der Waals surface area (Å²) in [6.45, 7) is 9.13. The normalized spacial score (nSPS) is 26.1. The van der Waals surface area contributed by atoms with E-state index in [0.29, 0.717) is 18.9 Å². The number of carboxylic acids is 1. The van der Waals surface area contributed by atoms with Gasteiger partial charge in [-0.1, -0.05) is 69.3 Å². The SMILES string of the molecule is CC1(C)[C@H]2CC[C@]1(C)C(OC(=O)N[C@](C)(CC1CNc3ccccc31)C(=O)NC[C@H](NC(=O)CCC(=O)O)c1ccccc1)C2. The lowest BCUT2D eigenvalue weighted by Gasteiger charge is -2.39. The Balaban J connectivity index is 1.32. The first-order valence-corrected chi connectivity index (χ1v) is 16.0. The van der Waals surface area contributed by atoms with Gasteiger partial charge in [0.2, 0.25) is 11.8 Å². The van der Waals surface area contributed by atoms with Crippen molar-refractivity contribution in [2.75, 3.05) is 18.4 Å². The second-order valence-electron chi connectivity index (χ2n) is 14.0. The average Bonchev–Trinajstić information content (AvgIpc) is 3.57. The van der Waals surface area contributed by atoms with E-state index >= 15 is 0 Å². The fraction of sp³-hybridized carbons (Fsp3) is 0.543. The van der Waals surface area contributed by atoms with E-state index in [1.807, 2.05) is 54.6 Å². The molecule has 1 aliphatic heterocycles. The fourth-order valence-corrected chi connectivity index (χ4v) is 7.74. The summed E-state index contributed by atoms with van der Waals surface area (Å²) in [5, 5.41) is 21.2.